The maximum atomic E-state index is 11.7. The third-order valence-electron chi connectivity index (χ3n) is 7.51. The zero-order valence-electron chi connectivity index (χ0n) is 16.0. The third kappa shape index (κ3) is 2.88. The first-order valence-corrected chi connectivity index (χ1v) is 11.8. The van der Waals surface area contributed by atoms with Crippen LogP contribution in [0.3, 0.4) is 0 Å². The molecule has 0 unspecified atom stereocenters. The van der Waals surface area contributed by atoms with Crippen molar-refractivity contribution in [1.82, 2.24) is 0 Å². The number of fused-ring (bicyclic) bond motifs is 5. The summed E-state index contributed by atoms with van der Waals surface area (Å²) in [7, 11) is -3.42. The summed E-state index contributed by atoms with van der Waals surface area (Å²) in [6, 6.07) is 4.23. The molecule has 0 bridgehead atoms. The van der Waals surface area contributed by atoms with Crippen LogP contribution in [0.4, 0.5) is 0 Å². The molecule has 3 aliphatic carbocycles. The van der Waals surface area contributed by atoms with Crippen LogP contribution in [0.25, 0.3) is 0 Å². The monoisotopic (exact) mass is 378 g/mol. The molecule has 1 aromatic carbocycles. The van der Waals surface area contributed by atoms with Gasteiger partial charge in [-0.3, -0.25) is 4.18 Å². The van der Waals surface area contributed by atoms with E-state index in [4.69, 9.17) is 4.18 Å². The van der Waals surface area contributed by atoms with Crippen LogP contribution in [-0.4, -0.2) is 25.9 Å². The summed E-state index contributed by atoms with van der Waals surface area (Å²) >= 11 is 0. The molecule has 2 saturated carbocycles. The predicted molar refractivity (Wildman–Crippen MR) is 102 cm³/mol. The van der Waals surface area contributed by atoms with E-state index >= 15 is 0 Å². The summed E-state index contributed by atoms with van der Waals surface area (Å²) in [5.74, 6) is 2.11. The normalized spacial score (nSPS) is 36.3. The molecule has 0 aromatic heterocycles. The minimum Gasteiger partial charge on any atom is -0.508 e. The van der Waals surface area contributed by atoms with E-state index in [2.05, 4.69) is 19.9 Å². The zero-order valence-corrected chi connectivity index (χ0v) is 16.8. The molecule has 26 heavy (non-hydrogen) atoms. The van der Waals surface area contributed by atoms with Crippen LogP contribution < -0.4 is 0 Å². The number of phenolic OH excluding ortho intramolecular Hbond substituents is 1. The van der Waals surface area contributed by atoms with Crippen LogP contribution in [0.2, 0.25) is 0 Å². The Balaban J connectivity index is 1.65. The van der Waals surface area contributed by atoms with Crippen molar-refractivity contribution in [1.29, 1.82) is 0 Å². The van der Waals surface area contributed by atoms with Gasteiger partial charge in [-0.1, -0.05) is 19.9 Å². The lowest BCUT2D eigenvalue weighted by molar-refractivity contribution is -0.00768. The molecule has 1 aromatic rings. The SMILES string of the molecule is CCc1cc2c(cc1O)CC[C@@H]1[C@@H]2CC[C@]2(C)[C@@H](OS(C)(=O)=O)CC[C@@H]12. The van der Waals surface area contributed by atoms with Crippen molar-refractivity contribution in [3.63, 3.8) is 0 Å². The first kappa shape index (κ1) is 18.3. The summed E-state index contributed by atoms with van der Waals surface area (Å²) in [5, 5.41) is 10.2. The fourth-order valence-corrected chi connectivity index (χ4v) is 7.00. The van der Waals surface area contributed by atoms with Crippen molar-refractivity contribution in [3.8, 4) is 5.75 Å². The molecule has 0 heterocycles. The number of aromatic hydroxyl groups is 1. The second kappa shape index (κ2) is 6.23. The van der Waals surface area contributed by atoms with E-state index in [1.165, 1.54) is 17.4 Å². The molecule has 0 aliphatic heterocycles. The Morgan fingerprint density at radius 3 is 2.69 bits per heavy atom. The van der Waals surface area contributed by atoms with E-state index in [0.29, 0.717) is 23.5 Å². The molecule has 0 spiro atoms. The van der Waals surface area contributed by atoms with E-state index in [9.17, 15) is 13.5 Å². The number of hydrogen-bond donors (Lipinski definition) is 1. The van der Waals surface area contributed by atoms with Gasteiger partial charge in [-0.25, -0.2) is 0 Å². The molecule has 144 valence electrons. The minimum atomic E-state index is -3.42. The van der Waals surface area contributed by atoms with E-state index in [1.54, 1.807) is 0 Å². The fourth-order valence-electron chi connectivity index (χ4n) is 6.26. The van der Waals surface area contributed by atoms with Crippen LogP contribution in [-0.2, 0) is 27.1 Å². The van der Waals surface area contributed by atoms with Gasteiger partial charge in [-0.05, 0) is 90.9 Å². The molecule has 2 fully saturated rings. The highest BCUT2D eigenvalue weighted by atomic mass is 32.2. The van der Waals surface area contributed by atoms with Gasteiger partial charge in [0.1, 0.15) is 5.75 Å². The van der Waals surface area contributed by atoms with Gasteiger partial charge in [0, 0.05) is 0 Å². The summed E-state index contributed by atoms with van der Waals surface area (Å²) in [4.78, 5) is 0. The first-order chi connectivity index (χ1) is 12.2. The second-order valence-corrected chi connectivity index (χ2v) is 10.5. The molecule has 1 N–H and O–H groups in total. The number of hydrogen-bond acceptors (Lipinski definition) is 4. The highest BCUT2D eigenvalue weighted by molar-refractivity contribution is 7.86. The van der Waals surface area contributed by atoms with Crippen LogP contribution in [0, 0.1) is 17.3 Å². The second-order valence-electron chi connectivity index (χ2n) is 8.86. The average molecular weight is 379 g/mol. The molecule has 3 aliphatic rings. The topological polar surface area (TPSA) is 63.6 Å². The van der Waals surface area contributed by atoms with Gasteiger partial charge in [0.15, 0.2) is 0 Å². The van der Waals surface area contributed by atoms with Gasteiger partial charge in [-0.15, -0.1) is 0 Å². The number of aryl methyl sites for hydroxylation is 2. The number of rotatable bonds is 3. The van der Waals surface area contributed by atoms with Crippen molar-refractivity contribution in [2.75, 3.05) is 6.26 Å². The molecular formula is C21H30O4S. The minimum absolute atomic E-state index is 0.0355. The quantitative estimate of drug-likeness (QED) is 0.803. The molecule has 0 amide bonds. The summed E-state index contributed by atoms with van der Waals surface area (Å²) in [6.07, 6.45) is 8.00. The van der Waals surface area contributed by atoms with Gasteiger partial charge < -0.3 is 5.11 Å². The number of phenols is 1. The van der Waals surface area contributed by atoms with Crippen LogP contribution in [0.1, 0.15) is 68.6 Å². The van der Waals surface area contributed by atoms with E-state index in [-0.39, 0.29) is 11.5 Å². The van der Waals surface area contributed by atoms with E-state index < -0.39 is 10.1 Å². The van der Waals surface area contributed by atoms with Crippen LogP contribution in [0.15, 0.2) is 12.1 Å². The van der Waals surface area contributed by atoms with Crippen LogP contribution >= 0.6 is 0 Å². The van der Waals surface area contributed by atoms with Gasteiger partial charge >= 0.3 is 0 Å². The maximum absolute atomic E-state index is 11.7. The highest BCUT2D eigenvalue weighted by Gasteiger charge is 2.56. The molecular weight excluding hydrogens is 348 g/mol. The van der Waals surface area contributed by atoms with Crippen molar-refractivity contribution < 1.29 is 17.7 Å². The van der Waals surface area contributed by atoms with Gasteiger partial charge in [0.2, 0.25) is 0 Å². The Morgan fingerprint density at radius 1 is 1.23 bits per heavy atom. The standard InChI is InChI=1S/C21H30O4S/c1-4-13-11-17-14(12-19(13)22)5-6-16-15(17)9-10-21(2)18(16)7-8-20(21)25-26(3,23)24/h11-12,15-16,18,20,22H,4-10H2,1-3H3/t15-,16+,18-,20-,21-/m0/s1. The lowest BCUT2D eigenvalue weighted by atomic mass is 9.55. The fraction of sp³-hybridized carbons (Fsp3) is 0.714. The largest absolute Gasteiger partial charge is 0.508 e. The summed E-state index contributed by atoms with van der Waals surface area (Å²) in [5.41, 5.74) is 3.76. The molecule has 4 rings (SSSR count). The van der Waals surface area contributed by atoms with Crippen molar-refractivity contribution >= 4 is 10.1 Å². The molecule has 0 saturated heterocycles. The summed E-state index contributed by atoms with van der Waals surface area (Å²) in [6.45, 7) is 4.34. The Labute approximate surface area is 157 Å². The van der Waals surface area contributed by atoms with Crippen molar-refractivity contribution in [2.45, 2.75) is 70.8 Å². The molecule has 0 radical (unpaired) electrons. The Hall–Kier alpha value is -1.07. The highest BCUT2D eigenvalue weighted by Crippen LogP contribution is 2.61. The van der Waals surface area contributed by atoms with E-state index in [0.717, 1.165) is 50.5 Å². The predicted octanol–water partition coefficient (Wildman–Crippen LogP) is 4.16. The van der Waals surface area contributed by atoms with Gasteiger partial charge in [-0.2, -0.15) is 8.42 Å². The van der Waals surface area contributed by atoms with Crippen LogP contribution in [0.5, 0.6) is 5.75 Å². The maximum Gasteiger partial charge on any atom is 0.264 e. The third-order valence-corrected chi connectivity index (χ3v) is 8.09. The first-order valence-electron chi connectivity index (χ1n) is 9.96. The Kier molecular flexibility index (Phi) is 4.39. The van der Waals surface area contributed by atoms with Crippen molar-refractivity contribution in [2.24, 2.45) is 17.3 Å². The zero-order chi connectivity index (χ0) is 18.7. The lowest BCUT2D eigenvalue weighted by Gasteiger charge is -2.50. The lowest BCUT2D eigenvalue weighted by Crippen LogP contribution is -2.45. The van der Waals surface area contributed by atoms with E-state index in [1.807, 2.05) is 6.07 Å². The molecule has 5 heteroatoms. The summed E-state index contributed by atoms with van der Waals surface area (Å²) < 4.78 is 28.9. The average Bonchev–Trinajstić information content (AvgIpc) is 2.89. The Bertz CT molecular complexity index is 816. The van der Waals surface area contributed by atoms with Gasteiger partial charge in [0.25, 0.3) is 10.1 Å². The molecule has 5 atom stereocenters. The van der Waals surface area contributed by atoms with Crippen molar-refractivity contribution in [3.05, 3.63) is 28.8 Å². The van der Waals surface area contributed by atoms with Gasteiger partial charge in [0.05, 0.1) is 12.4 Å². The smallest absolute Gasteiger partial charge is 0.264 e. The Morgan fingerprint density at radius 2 is 2.00 bits per heavy atom. The molecule has 4 nitrogen and oxygen atoms in total. The number of benzene rings is 1.